The lowest BCUT2D eigenvalue weighted by Gasteiger charge is -2.19. The Kier molecular flexibility index (Phi) is 6.08. The van der Waals surface area contributed by atoms with E-state index >= 15 is 0 Å². The highest BCUT2D eigenvalue weighted by atomic mass is 35.5. The number of alkyl halides is 3. The number of aryl methyl sites for hydroxylation is 2. The van der Waals surface area contributed by atoms with Crippen LogP contribution < -0.4 is 0 Å². The van der Waals surface area contributed by atoms with E-state index in [9.17, 15) is 22.8 Å². The highest BCUT2D eigenvalue weighted by molar-refractivity contribution is 6.41. The van der Waals surface area contributed by atoms with Crippen molar-refractivity contribution in [2.75, 3.05) is 0 Å². The number of ether oxygens (including phenoxy) is 1. The molecule has 0 aliphatic heterocycles. The monoisotopic (exact) mass is 486 g/mol. The summed E-state index contributed by atoms with van der Waals surface area (Å²) in [5, 5.41) is -1.08. The third-order valence-electron chi connectivity index (χ3n) is 4.66. The second-order valence-electron chi connectivity index (χ2n) is 8.30. The van der Waals surface area contributed by atoms with Crippen molar-refractivity contribution < 1.29 is 27.5 Å². The first-order chi connectivity index (χ1) is 14.6. The maximum atomic E-state index is 13.5. The van der Waals surface area contributed by atoms with Gasteiger partial charge in [-0.05, 0) is 51.8 Å². The van der Waals surface area contributed by atoms with Gasteiger partial charge in [0.2, 0.25) is 0 Å². The summed E-state index contributed by atoms with van der Waals surface area (Å²) in [7, 11) is 0. The van der Waals surface area contributed by atoms with E-state index < -0.39 is 39.3 Å². The Morgan fingerprint density at radius 1 is 1.03 bits per heavy atom. The molecule has 0 bridgehead atoms. The quantitative estimate of drug-likeness (QED) is 0.381. The number of hydrogen-bond acceptors (Lipinski definition) is 4. The van der Waals surface area contributed by atoms with Gasteiger partial charge < -0.3 is 4.74 Å². The van der Waals surface area contributed by atoms with E-state index in [1.807, 2.05) is 0 Å². The molecule has 0 aliphatic carbocycles. The number of nitrogens with zero attached hydrogens (tertiary/aromatic N) is 2. The average molecular weight is 487 g/mol. The van der Waals surface area contributed by atoms with E-state index in [4.69, 9.17) is 27.9 Å². The second kappa shape index (κ2) is 8.08. The summed E-state index contributed by atoms with van der Waals surface area (Å²) in [5.74, 6) is -1.28. The van der Waals surface area contributed by atoms with Crippen LogP contribution in [0.5, 0.6) is 0 Å². The minimum absolute atomic E-state index is 0.0387. The fraction of sp³-hybridized carbons (Fsp3) is 0.318. The van der Waals surface area contributed by atoms with Crippen LogP contribution in [-0.4, -0.2) is 27.0 Å². The van der Waals surface area contributed by atoms with Crippen molar-refractivity contribution in [1.29, 1.82) is 0 Å². The number of hydrogen-bond donors (Lipinski definition) is 0. The molecule has 0 fully saturated rings. The van der Waals surface area contributed by atoms with Gasteiger partial charge in [0.1, 0.15) is 5.60 Å². The number of fused-ring (bicyclic) bond motifs is 1. The molecule has 3 aromatic rings. The van der Waals surface area contributed by atoms with Crippen molar-refractivity contribution in [3.63, 3.8) is 0 Å². The summed E-state index contributed by atoms with van der Waals surface area (Å²) >= 11 is 12.1. The molecule has 32 heavy (non-hydrogen) atoms. The van der Waals surface area contributed by atoms with Crippen molar-refractivity contribution in [1.82, 2.24) is 9.55 Å². The van der Waals surface area contributed by atoms with E-state index in [1.54, 1.807) is 27.7 Å². The van der Waals surface area contributed by atoms with Crippen LogP contribution in [0, 0.1) is 13.8 Å². The van der Waals surface area contributed by atoms with Gasteiger partial charge in [0.15, 0.2) is 0 Å². The van der Waals surface area contributed by atoms with E-state index in [0.29, 0.717) is 5.56 Å². The van der Waals surface area contributed by atoms with Crippen LogP contribution in [0.4, 0.5) is 13.2 Å². The Balaban J connectivity index is 2.17. The van der Waals surface area contributed by atoms with Crippen molar-refractivity contribution in [2.45, 2.75) is 46.4 Å². The SMILES string of the molecule is Cc1cn(C(=O)c2cncc(C(=O)OC(C)(C)C)c2)c2c(C)c(Cl)c(C(F)(F)F)c(Cl)c12. The number of halogens is 5. The summed E-state index contributed by atoms with van der Waals surface area (Å²) in [5.41, 5.74) is -1.23. The van der Waals surface area contributed by atoms with Gasteiger partial charge in [0.05, 0.1) is 32.3 Å². The molecule has 0 amide bonds. The number of pyridine rings is 1. The van der Waals surface area contributed by atoms with Crippen molar-refractivity contribution in [2.24, 2.45) is 0 Å². The minimum atomic E-state index is -4.77. The third-order valence-corrected chi connectivity index (χ3v) is 5.51. The van der Waals surface area contributed by atoms with Gasteiger partial charge in [-0.2, -0.15) is 13.2 Å². The Labute approximate surface area is 192 Å². The maximum absolute atomic E-state index is 13.5. The fourth-order valence-electron chi connectivity index (χ4n) is 3.34. The van der Waals surface area contributed by atoms with Crippen LogP contribution in [0.2, 0.25) is 10.0 Å². The molecule has 2 aromatic heterocycles. The molecule has 2 heterocycles. The van der Waals surface area contributed by atoms with Crippen LogP contribution in [0.25, 0.3) is 10.9 Å². The Morgan fingerprint density at radius 2 is 1.62 bits per heavy atom. The van der Waals surface area contributed by atoms with Gasteiger partial charge >= 0.3 is 12.1 Å². The number of carbonyl (C=O) groups is 2. The summed E-state index contributed by atoms with van der Waals surface area (Å²) in [6.07, 6.45) is -0.877. The van der Waals surface area contributed by atoms with E-state index in [1.165, 1.54) is 31.6 Å². The molecular weight excluding hydrogens is 468 g/mol. The molecule has 1 aromatic carbocycles. The molecule has 0 N–H and O–H groups in total. The molecule has 0 radical (unpaired) electrons. The van der Waals surface area contributed by atoms with Gasteiger partial charge in [-0.25, -0.2) is 4.79 Å². The number of benzene rings is 1. The minimum Gasteiger partial charge on any atom is -0.456 e. The summed E-state index contributed by atoms with van der Waals surface area (Å²) < 4.78 is 47.0. The summed E-state index contributed by atoms with van der Waals surface area (Å²) in [6.45, 7) is 8.03. The van der Waals surface area contributed by atoms with E-state index in [-0.39, 0.29) is 27.6 Å². The zero-order valence-electron chi connectivity index (χ0n) is 17.8. The number of aromatic nitrogens is 2. The average Bonchev–Trinajstić information content (AvgIpc) is 3.01. The highest BCUT2D eigenvalue weighted by Gasteiger charge is 2.39. The molecule has 0 unspecified atom stereocenters. The smallest absolute Gasteiger partial charge is 0.419 e. The molecule has 0 spiro atoms. The van der Waals surface area contributed by atoms with Crippen molar-refractivity contribution in [3.8, 4) is 0 Å². The lowest BCUT2D eigenvalue weighted by molar-refractivity contribution is -0.137. The van der Waals surface area contributed by atoms with Gasteiger partial charge in [-0.1, -0.05) is 23.2 Å². The van der Waals surface area contributed by atoms with Gasteiger partial charge in [0, 0.05) is 24.0 Å². The topological polar surface area (TPSA) is 61.2 Å². The van der Waals surface area contributed by atoms with Crippen molar-refractivity contribution in [3.05, 3.63) is 62.5 Å². The molecule has 3 rings (SSSR count). The maximum Gasteiger partial charge on any atom is 0.419 e. The van der Waals surface area contributed by atoms with Crippen LogP contribution in [-0.2, 0) is 10.9 Å². The normalized spacial score (nSPS) is 12.3. The Morgan fingerprint density at radius 3 is 2.19 bits per heavy atom. The predicted octanol–water partition coefficient (Wildman–Crippen LogP) is 6.62. The molecular formula is C22H19Cl2F3N2O3. The van der Waals surface area contributed by atoms with Crippen LogP contribution in [0.1, 0.15) is 58.2 Å². The predicted molar refractivity (Wildman–Crippen MR) is 116 cm³/mol. The second-order valence-corrected chi connectivity index (χ2v) is 9.06. The first-order valence-corrected chi connectivity index (χ1v) is 10.2. The lowest BCUT2D eigenvalue weighted by Crippen LogP contribution is -2.24. The first-order valence-electron chi connectivity index (χ1n) is 9.43. The first kappa shape index (κ1) is 24.1. The van der Waals surface area contributed by atoms with Gasteiger partial charge in [-0.15, -0.1) is 0 Å². The van der Waals surface area contributed by atoms with Crippen LogP contribution in [0.15, 0.2) is 24.7 Å². The van der Waals surface area contributed by atoms with Crippen LogP contribution in [0.3, 0.4) is 0 Å². The van der Waals surface area contributed by atoms with Gasteiger partial charge in [0.25, 0.3) is 5.91 Å². The van der Waals surface area contributed by atoms with Crippen LogP contribution >= 0.6 is 23.2 Å². The number of carbonyl (C=O) groups excluding carboxylic acids is 2. The number of esters is 1. The summed E-state index contributed by atoms with van der Waals surface area (Å²) in [6, 6.07) is 1.31. The summed E-state index contributed by atoms with van der Waals surface area (Å²) in [4.78, 5) is 29.5. The standard InChI is InChI=1S/C22H19Cl2F3N2O3/c1-10-9-29(18-11(2)16(23)15(22(25,26)27)17(24)14(10)18)19(30)12-6-13(8-28-7-12)20(31)32-21(3,4)5/h6-9H,1-5H3. The van der Waals surface area contributed by atoms with Crippen molar-refractivity contribution >= 4 is 46.0 Å². The largest absolute Gasteiger partial charge is 0.456 e. The molecule has 170 valence electrons. The van der Waals surface area contributed by atoms with Gasteiger partial charge in [-0.3, -0.25) is 14.3 Å². The zero-order chi connectivity index (χ0) is 24.2. The molecule has 10 heteroatoms. The molecule has 0 saturated heterocycles. The number of rotatable bonds is 2. The zero-order valence-corrected chi connectivity index (χ0v) is 19.3. The molecule has 0 saturated carbocycles. The third kappa shape index (κ3) is 4.34. The van der Waals surface area contributed by atoms with E-state index in [0.717, 1.165) is 4.57 Å². The lowest BCUT2D eigenvalue weighted by atomic mass is 10.0. The Bertz CT molecular complexity index is 1260. The van der Waals surface area contributed by atoms with E-state index in [2.05, 4.69) is 4.98 Å². The molecule has 0 atom stereocenters. The highest BCUT2D eigenvalue weighted by Crippen LogP contribution is 2.46. The fourth-order valence-corrected chi connectivity index (χ4v) is 4.12. The Hall–Kier alpha value is -2.58. The molecule has 5 nitrogen and oxygen atoms in total. The molecule has 0 aliphatic rings.